The third kappa shape index (κ3) is 3.41. The lowest BCUT2D eigenvalue weighted by Crippen LogP contribution is -2.16. The first-order valence-electron chi connectivity index (χ1n) is 8.42. The normalized spacial score (nSPS) is 11.1. The summed E-state index contributed by atoms with van der Waals surface area (Å²) in [6, 6.07) is 12.3. The number of nitrogens with one attached hydrogen (secondary N) is 1. The van der Waals surface area contributed by atoms with Gasteiger partial charge in [-0.25, -0.2) is 9.78 Å². The number of thiazole rings is 1. The highest BCUT2D eigenvalue weighted by atomic mass is 32.1. The van der Waals surface area contributed by atoms with Gasteiger partial charge in [0.05, 0.1) is 10.2 Å². The molecule has 0 atom stereocenters. The fourth-order valence-electron chi connectivity index (χ4n) is 3.02. The van der Waals surface area contributed by atoms with E-state index in [4.69, 9.17) is 4.42 Å². The number of nitrogens with zero attached hydrogens (tertiary/aromatic N) is 1. The lowest BCUT2D eigenvalue weighted by atomic mass is 10.0. The molecule has 2 aromatic heterocycles. The fourth-order valence-corrected chi connectivity index (χ4v) is 3.90. The van der Waals surface area contributed by atoms with E-state index >= 15 is 0 Å². The molecule has 0 radical (unpaired) electrons. The number of aromatic hydroxyl groups is 1. The van der Waals surface area contributed by atoms with Gasteiger partial charge in [-0.2, -0.15) is 0 Å². The number of hydrogen-bond donors (Lipinski definition) is 2. The van der Waals surface area contributed by atoms with E-state index in [1.54, 1.807) is 12.1 Å². The Morgan fingerprint density at radius 1 is 1.26 bits per heavy atom. The number of aromatic nitrogens is 1. The first-order chi connectivity index (χ1) is 13.0. The zero-order chi connectivity index (χ0) is 19.0. The third-order valence-corrected chi connectivity index (χ3v) is 5.37. The number of fused-ring (bicyclic) bond motifs is 2. The number of benzene rings is 2. The van der Waals surface area contributed by atoms with E-state index in [1.165, 1.54) is 17.4 Å². The summed E-state index contributed by atoms with van der Waals surface area (Å²) in [7, 11) is 0. The van der Waals surface area contributed by atoms with E-state index in [0.29, 0.717) is 16.3 Å². The molecule has 2 aromatic carbocycles. The van der Waals surface area contributed by atoms with Gasteiger partial charge < -0.3 is 14.8 Å². The molecule has 0 aliphatic heterocycles. The molecule has 0 aliphatic rings. The minimum atomic E-state index is -0.488. The zero-order valence-corrected chi connectivity index (χ0v) is 15.3. The van der Waals surface area contributed by atoms with Gasteiger partial charge in [0.2, 0.25) is 5.91 Å². The molecule has 4 aromatic rings. The van der Waals surface area contributed by atoms with Crippen molar-refractivity contribution in [3.05, 3.63) is 64.0 Å². The largest absolute Gasteiger partial charge is 0.508 e. The molecule has 2 heterocycles. The molecule has 0 unspecified atom stereocenters. The van der Waals surface area contributed by atoms with Crippen LogP contribution in [-0.2, 0) is 11.2 Å². The molecule has 1 amide bonds. The van der Waals surface area contributed by atoms with Crippen LogP contribution in [0.5, 0.6) is 5.75 Å². The maximum atomic E-state index is 12.3. The summed E-state index contributed by atoms with van der Waals surface area (Å²) in [5.41, 5.74) is 1.91. The van der Waals surface area contributed by atoms with E-state index in [-0.39, 0.29) is 24.5 Å². The van der Waals surface area contributed by atoms with Crippen molar-refractivity contribution in [2.75, 3.05) is 5.32 Å². The van der Waals surface area contributed by atoms with Gasteiger partial charge in [-0.3, -0.25) is 4.79 Å². The van der Waals surface area contributed by atoms with Gasteiger partial charge in [-0.05, 0) is 43.2 Å². The third-order valence-electron chi connectivity index (χ3n) is 4.41. The Morgan fingerprint density at radius 3 is 2.89 bits per heavy atom. The summed E-state index contributed by atoms with van der Waals surface area (Å²) < 4.78 is 6.29. The summed E-state index contributed by atoms with van der Waals surface area (Å²) in [5, 5.41) is 13.6. The number of carbonyl (C=O) groups is 1. The predicted molar refractivity (Wildman–Crippen MR) is 105 cm³/mol. The molecule has 136 valence electrons. The minimum Gasteiger partial charge on any atom is -0.508 e. The highest BCUT2D eigenvalue weighted by Crippen LogP contribution is 2.26. The van der Waals surface area contributed by atoms with E-state index < -0.39 is 5.63 Å². The van der Waals surface area contributed by atoms with Gasteiger partial charge in [0.15, 0.2) is 5.13 Å². The zero-order valence-electron chi connectivity index (χ0n) is 14.5. The second kappa shape index (κ2) is 6.85. The average molecular weight is 380 g/mol. The van der Waals surface area contributed by atoms with Crippen LogP contribution in [0, 0.1) is 6.92 Å². The van der Waals surface area contributed by atoms with Crippen LogP contribution in [0.2, 0.25) is 0 Å². The highest BCUT2D eigenvalue weighted by Gasteiger charge is 2.14. The van der Waals surface area contributed by atoms with Crippen LogP contribution in [0.3, 0.4) is 0 Å². The quantitative estimate of drug-likeness (QED) is 0.522. The Bertz CT molecular complexity index is 1190. The topological polar surface area (TPSA) is 92.4 Å². The summed E-state index contributed by atoms with van der Waals surface area (Å²) in [4.78, 5) is 28.9. The standard InChI is InChI=1S/C20H16N2O4S/c1-11-13-7-6-12(23)10-16(13)26-19(25)14(11)8-9-18(24)22-20-21-15-4-2-3-5-17(15)27-20/h2-7,10,23H,8-9H2,1H3,(H,21,22,24). The molecular formula is C20H16N2O4S. The van der Waals surface area contributed by atoms with Crippen molar-refractivity contribution >= 4 is 43.6 Å². The smallest absolute Gasteiger partial charge is 0.339 e. The average Bonchev–Trinajstić information content (AvgIpc) is 3.03. The number of phenolic OH excluding ortho intramolecular Hbond substituents is 1. The molecule has 4 rings (SSSR count). The summed E-state index contributed by atoms with van der Waals surface area (Å²) in [6.45, 7) is 1.82. The summed E-state index contributed by atoms with van der Waals surface area (Å²) in [5.74, 6) is -0.174. The number of rotatable bonds is 4. The molecule has 27 heavy (non-hydrogen) atoms. The van der Waals surface area contributed by atoms with Crippen molar-refractivity contribution in [3.63, 3.8) is 0 Å². The summed E-state index contributed by atoms with van der Waals surface area (Å²) in [6.07, 6.45) is 0.410. The van der Waals surface area contributed by atoms with E-state index in [2.05, 4.69) is 10.3 Å². The highest BCUT2D eigenvalue weighted by molar-refractivity contribution is 7.22. The number of para-hydroxylation sites is 1. The van der Waals surface area contributed by atoms with Gasteiger partial charge in [-0.15, -0.1) is 0 Å². The number of carbonyl (C=O) groups excluding carboxylic acids is 1. The molecule has 0 saturated carbocycles. The lowest BCUT2D eigenvalue weighted by Gasteiger charge is -2.08. The second-order valence-corrected chi connectivity index (χ2v) is 7.24. The molecule has 0 saturated heterocycles. The van der Waals surface area contributed by atoms with Crippen LogP contribution in [0.15, 0.2) is 51.7 Å². The van der Waals surface area contributed by atoms with E-state index in [0.717, 1.165) is 21.2 Å². The Kier molecular flexibility index (Phi) is 4.37. The Labute approximate surface area is 158 Å². The summed E-state index contributed by atoms with van der Waals surface area (Å²) >= 11 is 1.41. The maximum Gasteiger partial charge on any atom is 0.339 e. The number of hydrogen-bond acceptors (Lipinski definition) is 6. The first-order valence-corrected chi connectivity index (χ1v) is 9.23. The molecule has 7 heteroatoms. The predicted octanol–water partition coefficient (Wildman–Crippen LogP) is 3.99. The molecule has 0 aliphatic carbocycles. The van der Waals surface area contributed by atoms with Crippen molar-refractivity contribution in [1.82, 2.24) is 4.98 Å². The minimum absolute atomic E-state index is 0.0352. The van der Waals surface area contributed by atoms with E-state index in [9.17, 15) is 14.7 Å². The number of aryl methyl sites for hydroxylation is 1. The van der Waals surface area contributed by atoms with Crippen molar-refractivity contribution in [2.45, 2.75) is 19.8 Å². The number of anilines is 1. The first kappa shape index (κ1) is 17.2. The van der Waals surface area contributed by atoms with Crippen LogP contribution in [0.1, 0.15) is 17.5 Å². The molecule has 2 N–H and O–H groups in total. The van der Waals surface area contributed by atoms with Gasteiger partial charge in [0.25, 0.3) is 0 Å². The van der Waals surface area contributed by atoms with Crippen molar-refractivity contribution in [1.29, 1.82) is 0 Å². The molecule has 0 spiro atoms. The van der Waals surface area contributed by atoms with Crippen molar-refractivity contribution < 1.29 is 14.3 Å². The number of phenols is 1. The van der Waals surface area contributed by atoms with Crippen LogP contribution in [0.4, 0.5) is 5.13 Å². The van der Waals surface area contributed by atoms with Gasteiger partial charge in [0.1, 0.15) is 11.3 Å². The maximum absolute atomic E-state index is 12.3. The SMILES string of the molecule is Cc1c(CCC(=O)Nc2nc3ccccc3s2)c(=O)oc2cc(O)ccc12. The van der Waals surface area contributed by atoms with Crippen molar-refractivity contribution in [3.8, 4) is 5.75 Å². The Hall–Kier alpha value is -3.19. The van der Waals surface area contributed by atoms with Gasteiger partial charge in [0, 0.05) is 23.4 Å². The second-order valence-electron chi connectivity index (χ2n) is 6.21. The van der Waals surface area contributed by atoms with Gasteiger partial charge >= 0.3 is 5.63 Å². The Balaban J connectivity index is 1.51. The lowest BCUT2D eigenvalue weighted by molar-refractivity contribution is -0.116. The van der Waals surface area contributed by atoms with Gasteiger partial charge in [-0.1, -0.05) is 23.5 Å². The van der Waals surface area contributed by atoms with Crippen molar-refractivity contribution in [2.24, 2.45) is 0 Å². The monoisotopic (exact) mass is 380 g/mol. The molecule has 0 fully saturated rings. The molecule has 6 nitrogen and oxygen atoms in total. The van der Waals surface area contributed by atoms with Crippen LogP contribution in [-0.4, -0.2) is 16.0 Å². The molecular weight excluding hydrogens is 364 g/mol. The number of amides is 1. The fraction of sp³-hybridized carbons (Fsp3) is 0.150. The van der Waals surface area contributed by atoms with Crippen LogP contribution >= 0.6 is 11.3 Å². The van der Waals surface area contributed by atoms with Crippen LogP contribution < -0.4 is 10.9 Å². The van der Waals surface area contributed by atoms with Crippen LogP contribution in [0.25, 0.3) is 21.2 Å². The Morgan fingerprint density at radius 2 is 2.07 bits per heavy atom. The molecule has 0 bridgehead atoms. The van der Waals surface area contributed by atoms with E-state index in [1.807, 2.05) is 31.2 Å².